The van der Waals surface area contributed by atoms with E-state index in [1.165, 1.54) is 5.56 Å². The largest absolute Gasteiger partial charge is 0.326 e. The van der Waals surface area contributed by atoms with E-state index in [0.717, 1.165) is 29.8 Å². The van der Waals surface area contributed by atoms with Gasteiger partial charge in [0.2, 0.25) is 17.7 Å². The van der Waals surface area contributed by atoms with Crippen molar-refractivity contribution in [3.05, 3.63) is 53.6 Å². The minimum atomic E-state index is -0.379. The zero-order valence-electron chi connectivity index (χ0n) is 16.8. The van der Waals surface area contributed by atoms with E-state index in [-0.39, 0.29) is 30.1 Å². The molecule has 6 nitrogen and oxygen atoms in total. The molecule has 1 fully saturated rings. The molecule has 0 aromatic heterocycles. The van der Waals surface area contributed by atoms with Gasteiger partial charge in [0, 0.05) is 43.5 Å². The quantitative estimate of drug-likeness (QED) is 0.870. The van der Waals surface area contributed by atoms with Crippen LogP contribution in [0.15, 0.2) is 42.5 Å². The molecule has 3 amide bonds. The highest BCUT2D eigenvalue weighted by Crippen LogP contribution is 2.31. The van der Waals surface area contributed by atoms with Gasteiger partial charge >= 0.3 is 0 Å². The van der Waals surface area contributed by atoms with Crippen molar-refractivity contribution in [2.45, 2.75) is 33.1 Å². The van der Waals surface area contributed by atoms with E-state index < -0.39 is 0 Å². The lowest BCUT2D eigenvalue weighted by molar-refractivity contribution is -0.122. The molecular formula is C23H25N3O3. The Bertz CT molecular complexity index is 968. The molecule has 1 N–H and O–H groups in total. The fourth-order valence-corrected chi connectivity index (χ4v) is 4.10. The molecule has 2 aliphatic heterocycles. The summed E-state index contributed by atoms with van der Waals surface area (Å²) in [4.78, 5) is 40.3. The second-order valence-corrected chi connectivity index (χ2v) is 7.68. The van der Waals surface area contributed by atoms with Crippen LogP contribution in [-0.2, 0) is 27.2 Å². The first-order chi connectivity index (χ1) is 14.0. The number of fused-ring (bicyclic) bond motifs is 1. The predicted molar refractivity (Wildman–Crippen MR) is 113 cm³/mol. The molecule has 6 heteroatoms. The van der Waals surface area contributed by atoms with Crippen LogP contribution in [0.25, 0.3) is 0 Å². The molecule has 2 aromatic carbocycles. The lowest BCUT2D eigenvalue weighted by Gasteiger charge is -2.17. The van der Waals surface area contributed by atoms with Crippen LogP contribution in [0.3, 0.4) is 0 Å². The van der Waals surface area contributed by atoms with Crippen LogP contribution in [0.2, 0.25) is 0 Å². The van der Waals surface area contributed by atoms with Crippen molar-refractivity contribution in [2.24, 2.45) is 5.92 Å². The van der Waals surface area contributed by atoms with Crippen molar-refractivity contribution in [3.63, 3.8) is 0 Å². The van der Waals surface area contributed by atoms with E-state index >= 15 is 0 Å². The summed E-state index contributed by atoms with van der Waals surface area (Å²) in [6, 6.07) is 13.5. The number of rotatable bonds is 4. The standard InChI is InChI=1S/C23H25N3O3/c1-3-16-4-7-20(8-5-16)26-14-18(13-22(26)28)23(29)24-19-6-9-21-17(12-19)10-11-25(21)15(2)27/h4-9,12,18H,3,10-11,13-14H2,1-2H3,(H,24,29). The Labute approximate surface area is 170 Å². The van der Waals surface area contributed by atoms with E-state index in [9.17, 15) is 14.4 Å². The van der Waals surface area contributed by atoms with Gasteiger partial charge in [0.25, 0.3) is 0 Å². The molecule has 1 saturated heterocycles. The fraction of sp³-hybridized carbons (Fsp3) is 0.348. The summed E-state index contributed by atoms with van der Waals surface area (Å²) >= 11 is 0. The van der Waals surface area contributed by atoms with Gasteiger partial charge in [0.15, 0.2) is 0 Å². The van der Waals surface area contributed by atoms with Gasteiger partial charge in [-0.3, -0.25) is 14.4 Å². The van der Waals surface area contributed by atoms with Crippen molar-refractivity contribution in [1.82, 2.24) is 0 Å². The Morgan fingerprint density at radius 3 is 2.59 bits per heavy atom. The highest BCUT2D eigenvalue weighted by Gasteiger charge is 2.35. The number of carbonyl (C=O) groups excluding carboxylic acids is 3. The Hall–Kier alpha value is -3.15. The number of aryl methyl sites for hydroxylation is 1. The van der Waals surface area contributed by atoms with Crippen LogP contribution in [0.4, 0.5) is 17.1 Å². The topological polar surface area (TPSA) is 69.7 Å². The molecule has 1 atom stereocenters. The van der Waals surface area contributed by atoms with Crippen LogP contribution in [0.5, 0.6) is 0 Å². The Balaban J connectivity index is 1.43. The van der Waals surface area contributed by atoms with Crippen molar-refractivity contribution < 1.29 is 14.4 Å². The number of hydrogen-bond donors (Lipinski definition) is 1. The molecule has 0 aliphatic carbocycles. The van der Waals surface area contributed by atoms with Crippen molar-refractivity contribution in [3.8, 4) is 0 Å². The number of nitrogens with one attached hydrogen (secondary N) is 1. The maximum atomic E-state index is 12.8. The van der Waals surface area contributed by atoms with Gasteiger partial charge in [-0.05, 0) is 54.3 Å². The van der Waals surface area contributed by atoms with Gasteiger partial charge in [0.1, 0.15) is 0 Å². The molecule has 0 radical (unpaired) electrons. The molecule has 0 spiro atoms. The SMILES string of the molecule is CCc1ccc(N2CC(C(=O)Nc3ccc4c(c3)CCN4C(C)=O)CC2=O)cc1. The highest BCUT2D eigenvalue weighted by atomic mass is 16.2. The maximum Gasteiger partial charge on any atom is 0.229 e. The predicted octanol–water partition coefficient (Wildman–Crippen LogP) is 3.15. The third-order valence-electron chi connectivity index (χ3n) is 5.77. The van der Waals surface area contributed by atoms with Gasteiger partial charge in [-0.25, -0.2) is 0 Å². The average Bonchev–Trinajstić information content (AvgIpc) is 3.31. The second kappa shape index (κ2) is 7.70. The third-order valence-corrected chi connectivity index (χ3v) is 5.77. The molecular weight excluding hydrogens is 366 g/mol. The molecule has 4 rings (SSSR count). The molecule has 29 heavy (non-hydrogen) atoms. The van der Waals surface area contributed by atoms with Gasteiger partial charge in [0.05, 0.1) is 5.92 Å². The van der Waals surface area contributed by atoms with Crippen LogP contribution < -0.4 is 15.1 Å². The monoisotopic (exact) mass is 391 g/mol. The fourth-order valence-electron chi connectivity index (χ4n) is 4.10. The summed E-state index contributed by atoms with van der Waals surface area (Å²) in [5.74, 6) is -0.528. The minimum absolute atomic E-state index is 0.0251. The lowest BCUT2D eigenvalue weighted by Crippen LogP contribution is -2.28. The molecule has 1 unspecified atom stereocenters. The Morgan fingerprint density at radius 2 is 1.90 bits per heavy atom. The summed E-state index contributed by atoms with van der Waals surface area (Å²) in [6.45, 7) is 4.71. The third kappa shape index (κ3) is 3.75. The van der Waals surface area contributed by atoms with Crippen LogP contribution in [-0.4, -0.2) is 30.8 Å². The average molecular weight is 391 g/mol. The highest BCUT2D eigenvalue weighted by molar-refractivity contribution is 6.03. The summed E-state index contributed by atoms with van der Waals surface area (Å²) < 4.78 is 0. The smallest absolute Gasteiger partial charge is 0.229 e. The van der Waals surface area contributed by atoms with E-state index in [4.69, 9.17) is 0 Å². The van der Waals surface area contributed by atoms with E-state index in [1.807, 2.05) is 42.5 Å². The van der Waals surface area contributed by atoms with Crippen molar-refractivity contribution in [2.75, 3.05) is 28.2 Å². The van der Waals surface area contributed by atoms with E-state index in [2.05, 4.69) is 12.2 Å². The molecule has 0 bridgehead atoms. The minimum Gasteiger partial charge on any atom is -0.326 e. The van der Waals surface area contributed by atoms with Gasteiger partial charge in [-0.2, -0.15) is 0 Å². The van der Waals surface area contributed by atoms with Crippen LogP contribution in [0.1, 0.15) is 31.4 Å². The van der Waals surface area contributed by atoms with E-state index in [1.54, 1.807) is 16.7 Å². The van der Waals surface area contributed by atoms with Gasteiger partial charge in [-0.1, -0.05) is 19.1 Å². The number of amides is 3. The Morgan fingerprint density at radius 1 is 1.14 bits per heavy atom. The normalized spacial score (nSPS) is 18.1. The van der Waals surface area contributed by atoms with Gasteiger partial charge < -0.3 is 15.1 Å². The number of anilines is 3. The maximum absolute atomic E-state index is 12.8. The zero-order valence-corrected chi connectivity index (χ0v) is 16.8. The summed E-state index contributed by atoms with van der Waals surface area (Å²) in [6.07, 6.45) is 1.94. The van der Waals surface area contributed by atoms with Gasteiger partial charge in [-0.15, -0.1) is 0 Å². The molecule has 150 valence electrons. The molecule has 0 saturated carbocycles. The lowest BCUT2D eigenvalue weighted by atomic mass is 10.1. The van der Waals surface area contributed by atoms with Crippen molar-refractivity contribution in [1.29, 1.82) is 0 Å². The Kier molecular flexibility index (Phi) is 5.09. The van der Waals surface area contributed by atoms with Crippen LogP contribution >= 0.6 is 0 Å². The number of carbonyl (C=O) groups is 3. The molecule has 2 heterocycles. The number of nitrogens with zero attached hydrogens (tertiary/aromatic N) is 2. The summed E-state index contributed by atoms with van der Waals surface area (Å²) in [5, 5.41) is 2.95. The molecule has 2 aliphatic rings. The molecule has 2 aromatic rings. The second-order valence-electron chi connectivity index (χ2n) is 7.68. The number of benzene rings is 2. The van der Waals surface area contributed by atoms with E-state index in [0.29, 0.717) is 18.8 Å². The number of hydrogen-bond acceptors (Lipinski definition) is 3. The van der Waals surface area contributed by atoms with Crippen molar-refractivity contribution >= 4 is 34.8 Å². The first-order valence-corrected chi connectivity index (χ1v) is 10.1. The first kappa shape index (κ1) is 19.2. The zero-order chi connectivity index (χ0) is 20.5. The van der Waals surface area contributed by atoms with Crippen LogP contribution in [0, 0.1) is 5.92 Å². The summed E-state index contributed by atoms with van der Waals surface area (Å²) in [5.41, 5.74) is 4.72. The summed E-state index contributed by atoms with van der Waals surface area (Å²) in [7, 11) is 0. The first-order valence-electron chi connectivity index (χ1n) is 10.1.